The summed E-state index contributed by atoms with van der Waals surface area (Å²) in [6, 6.07) is 21.9. The number of ether oxygens (including phenoxy) is 11. The van der Waals surface area contributed by atoms with Crippen molar-refractivity contribution in [2.75, 3.05) is 136 Å². The Balaban J connectivity index is 0.000000195. The number of nitrogens with two attached hydrogens (primary N) is 1. The van der Waals surface area contributed by atoms with Crippen molar-refractivity contribution in [1.82, 2.24) is 15.1 Å². The van der Waals surface area contributed by atoms with Crippen molar-refractivity contribution < 1.29 is 66.9 Å². The highest BCUT2D eigenvalue weighted by Gasteiger charge is 2.31. The first-order chi connectivity index (χ1) is 37.9. The summed E-state index contributed by atoms with van der Waals surface area (Å²) >= 11 is 0. The number of non-ortho nitro benzene ring substituents is 1. The zero-order valence-electron chi connectivity index (χ0n) is 46.5. The predicted octanol–water partition coefficient (Wildman–Crippen LogP) is 7.98. The summed E-state index contributed by atoms with van der Waals surface area (Å²) in [6.45, 7) is 10.7. The maximum absolute atomic E-state index is 12.8. The number of aliphatic hydroxyl groups excluding tert-OH is 1. The van der Waals surface area contributed by atoms with Crippen LogP contribution in [0.5, 0.6) is 46.0 Å². The molecule has 0 unspecified atom stereocenters. The Labute approximate surface area is 457 Å². The van der Waals surface area contributed by atoms with Crippen LogP contribution in [0.3, 0.4) is 0 Å². The lowest BCUT2D eigenvalue weighted by Crippen LogP contribution is -2.39. The largest absolute Gasteiger partial charge is 0.497 e. The van der Waals surface area contributed by atoms with E-state index in [1.807, 2.05) is 55.5 Å². The van der Waals surface area contributed by atoms with Gasteiger partial charge in [-0.25, -0.2) is 4.79 Å². The van der Waals surface area contributed by atoms with Crippen molar-refractivity contribution in [3.05, 3.63) is 111 Å². The fourth-order valence-corrected chi connectivity index (χ4v) is 9.77. The van der Waals surface area contributed by atoms with Gasteiger partial charge >= 0.3 is 6.09 Å². The van der Waals surface area contributed by atoms with Crippen LogP contribution in [-0.2, 0) is 27.1 Å². The van der Waals surface area contributed by atoms with Crippen LogP contribution in [0.1, 0.15) is 52.7 Å². The maximum Gasteiger partial charge on any atom is 0.407 e. The first-order valence-corrected chi connectivity index (χ1v) is 26.0. The average Bonchev–Trinajstić information content (AvgIpc) is 3.72. The Kier molecular flexibility index (Phi) is 23.3. The molecule has 2 atom stereocenters. The molecule has 20 nitrogen and oxygen atoms in total. The van der Waals surface area contributed by atoms with Gasteiger partial charge in [0.05, 0.1) is 101 Å². The molecule has 0 aromatic heterocycles. The van der Waals surface area contributed by atoms with Crippen molar-refractivity contribution in [3.63, 3.8) is 0 Å². The minimum absolute atomic E-state index is 0.0656. The normalized spacial score (nSPS) is 16.4. The third-order valence-corrected chi connectivity index (χ3v) is 13.9. The third kappa shape index (κ3) is 15.4. The summed E-state index contributed by atoms with van der Waals surface area (Å²) in [5, 5.41) is 21.7. The molecule has 2 heterocycles. The van der Waals surface area contributed by atoms with Crippen LogP contribution < -0.4 is 48.9 Å². The van der Waals surface area contributed by atoms with Crippen LogP contribution in [0.25, 0.3) is 22.3 Å². The molecule has 424 valence electrons. The fraction of sp³-hybridized carbons (Fsp3) is 0.466. The second-order valence-electron chi connectivity index (χ2n) is 18.5. The van der Waals surface area contributed by atoms with Crippen LogP contribution in [0.15, 0.2) is 72.8 Å². The van der Waals surface area contributed by atoms with E-state index in [4.69, 9.17) is 62.9 Å². The molecule has 9 rings (SSSR count). The van der Waals surface area contributed by atoms with E-state index in [9.17, 15) is 14.9 Å². The molecule has 4 aliphatic rings. The van der Waals surface area contributed by atoms with Gasteiger partial charge in [-0.05, 0) is 102 Å². The van der Waals surface area contributed by atoms with Crippen LogP contribution in [-0.4, -0.2) is 162 Å². The Hall–Kier alpha value is -7.07. The lowest BCUT2D eigenvalue weighted by molar-refractivity contribution is -0.384. The monoisotopic (exact) mass is 1080 g/mol. The smallest absolute Gasteiger partial charge is 0.407 e. The number of fused-ring (bicyclic) bond motifs is 6. The molecule has 0 spiro atoms. The molecule has 0 radical (unpaired) electrons. The summed E-state index contributed by atoms with van der Waals surface area (Å²) < 4.78 is 60.6. The summed E-state index contributed by atoms with van der Waals surface area (Å²) in [7, 11) is 13.0. The Morgan fingerprint density at radius 3 is 1.58 bits per heavy atom. The summed E-state index contributed by atoms with van der Waals surface area (Å²) in [5.41, 5.74) is 15.7. The van der Waals surface area contributed by atoms with E-state index in [0.29, 0.717) is 79.5 Å². The molecule has 5 aromatic carbocycles. The molecule has 2 saturated heterocycles. The number of amides is 1. The predicted molar refractivity (Wildman–Crippen MR) is 296 cm³/mol. The highest BCUT2D eigenvalue weighted by Crippen LogP contribution is 2.52. The van der Waals surface area contributed by atoms with E-state index in [0.717, 1.165) is 115 Å². The van der Waals surface area contributed by atoms with E-state index in [1.165, 1.54) is 12.1 Å². The molecule has 2 aliphatic heterocycles. The quantitative estimate of drug-likeness (QED) is 0.0667. The van der Waals surface area contributed by atoms with Crippen molar-refractivity contribution in [3.8, 4) is 68.2 Å². The number of benzene rings is 5. The second-order valence-corrected chi connectivity index (χ2v) is 18.5. The summed E-state index contributed by atoms with van der Waals surface area (Å²) in [4.78, 5) is 26.9. The number of β-amino-alcohol motifs (C(OH)–C–C–N with tert-alkyl or cyclic N) is 1. The van der Waals surface area contributed by atoms with Crippen molar-refractivity contribution in [2.24, 2.45) is 5.73 Å². The number of nitrogens with one attached hydrogen (secondary N) is 1. The molecular weight excluding hydrogens is 1010 g/mol. The molecule has 2 aliphatic carbocycles. The highest BCUT2D eigenvalue weighted by molar-refractivity contribution is 5.84. The Morgan fingerprint density at radius 1 is 0.641 bits per heavy atom. The number of alkyl carbamates (subject to hydrolysis) is 1. The van der Waals surface area contributed by atoms with E-state index >= 15 is 0 Å². The number of hydrogen-bond acceptors (Lipinski definition) is 18. The lowest BCUT2D eigenvalue weighted by atomic mass is 9.93. The van der Waals surface area contributed by atoms with E-state index in [1.54, 1.807) is 69.0 Å². The van der Waals surface area contributed by atoms with Gasteiger partial charge in [-0.1, -0.05) is 29.8 Å². The topological polar surface area (TPSA) is 226 Å². The second kappa shape index (κ2) is 30.2. The number of nitro benzene ring substituents is 1. The van der Waals surface area contributed by atoms with Gasteiger partial charge in [-0.2, -0.15) is 0 Å². The van der Waals surface area contributed by atoms with Crippen molar-refractivity contribution in [2.45, 2.75) is 44.7 Å². The van der Waals surface area contributed by atoms with Gasteiger partial charge in [0, 0.05) is 68.6 Å². The first-order valence-electron chi connectivity index (χ1n) is 26.0. The standard InChI is InChI=1S/C26H34N2O7.C19H23NO4.C7H7NO2.C6H13NO2/c1-30-18-6-7-19-20(16-18)21(27-26(29)35-14-11-28-9-12-34-13-10-28)8-5-17-15-22(31-2)24(32-3)25(33-4)23(17)19;1-21-12-6-7-13-14(10-12)15(20)8-5-11-9-16(22-2)18(23-3)19(24-4)17(11)13;1-6-2-4-7(5-3-6)8(9)10;8-4-1-7-2-5-9-6-3-7/h6-7,15-16,21H,5,8-14H2,1-4H3,(H,27,29);6-7,9-10,15H,5,8,20H2,1-4H3;2-5H,1H3;8H,1-6H2/t21-;15-;;/m00../s1. The average molecular weight is 1080 g/mol. The van der Waals surface area contributed by atoms with Crippen LogP contribution in [0.4, 0.5) is 10.5 Å². The SMILES string of the molecule is COc1ccc2c(c1)[C@@H](N)CCc1cc(OC)c(OC)c(OC)c1-2.COc1ccc2c(c1)[C@@H](NC(=O)OCCN1CCOCC1)CCc1cc(OC)c(OC)c(OC)c1-2.Cc1ccc([N+](=O)[O-])cc1.OCCN1CCOCC1. The zero-order chi connectivity index (χ0) is 56.1. The molecule has 5 aromatic rings. The van der Waals surface area contributed by atoms with Crippen LogP contribution in [0, 0.1) is 17.0 Å². The van der Waals surface area contributed by atoms with Crippen molar-refractivity contribution in [1.29, 1.82) is 0 Å². The fourth-order valence-electron chi connectivity index (χ4n) is 9.77. The number of carbonyl (C=O) groups excluding carboxylic acids is 1. The number of rotatable bonds is 15. The van der Waals surface area contributed by atoms with Crippen LogP contribution >= 0.6 is 0 Å². The molecule has 4 N–H and O–H groups in total. The van der Waals surface area contributed by atoms with Gasteiger partial charge in [-0.15, -0.1) is 0 Å². The van der Waals surface area contributed by atoms with E-state index in [-0.39, 0.29) is 24.4 Å². The summed E-state index contributed by atoms with van der Waals surface area (Å²) in [5.74, 6) is 5.17. The van der Waals surface area contributed by atoms with Gasteiger partial charge in [0.2, 0.25) is 11.5 Å². The van der Waals surface area contributed by atoms with E-state index < -0.39 is 11.0 Å². The van der Waals surface area contributed by atoms with Gasteiger partial charge in [0.1, 0.15) is 18.1 Å². The third-order valence-electron chi connectivity index (χ3n) is 13.9. The Bertz CT molecular complexity index is 2730. The maximum atomic E-state index is 12.8. The molecule has 0 bridgehead atoms. The van der Waals surface area contributed by atoms with Gasteiger partial charge in [0.15, 0.2) is 23.0 Å². The highest BCUT2D eigenvalue weighted by atomic mass is 16.6. The van der Waals surface area contributed by atoms with Gasteiger partial charge in [-0.3, -0.25) is 19.9 Å². The molecule has 20 heteroatoms. The molecule has 78 heavy (non-hydrogen) atoms. The number of aryl methyl sites for hydroxylation is 3. The number of nitrogens with zero attached hydrogens (tertiary/aromatic N) is 3. The zero-order valence-corrected chi connectivity index (χ0v) is 46.5. The number of hydrogen-bond donors (Lipinski definition) is 3. The molecule has 2 fully saturated rings. The molecular formula is C58H77N5O15. The molecule has 1 amide bonds. The minimum Gasteiger partial charge on any atom is -0.497 e. The number of nitro groups is 1. The minimum atomic E-state index is -0.440. The summed E-state index contributed by atoms with van der Waals surface area (Å²) in [6.07, 6.45) is 2.60. The number of carbonyl (C=O) groups is 1. The first kappa shape index (κ1) is 60.2. The molecule has 0 saturated carbocycles. The lowest BCUT2D eigenvalue weighted by Gasteiger charge is -2.26. The van der Waals surface area contributed by atoms with Gasteiger partial charge in [0.25, 0.3) is 5.69 Å². The van der Waals surface area contributed by atoms with Crippen LogP contribution in [0.2, 0.25) is 0 Å². The number of methoxy groups -OCH3 is 8. The number of morpholine rings is 2. The Morgan fingerprint density at radius 2 is 1.12 bits per heavy atom. The van der Waals surface area contributed by atoms with E-state index in [2.05, 4.69) is 15.1 Å². The van der Waals surface area contributed by atoms with Gasteiger partial charge < -0.3 is 68.3 Å². The van der Waals surface area contributed by atoms with Crippen molar-refractivity contribution >= 4 is 11.8 Å². The number of aliphatic hydroxyl groups is 1.